The van der Waals surface area contributed by atoms with Crippen LogP contribution in [-0.2, 0) is 12.6 Å². The Morgan fingerprint density at radius 2 is 2.06 bits per heavy atom. The maximum atomic E-state index is 12.8. The zero-order chi connectivity index (χ0) is 13.3. The van der Waals surface area contributed by atoms with Crippen molar-refractivity contribution in [3.8, 4) is 0 Å². The standard InChI is InChI=1S/C12H11F3OS2/c1-2-7-3-4-18-11(7)10(16)8-5-17-6-9(8)12(13,14)15/h3-6,10,16H,2H2,1H3. The Balaban J connectivity index is 2.41. The van der Waals surface area contributed by atoms with Gasteiger partial charge in [-0.3, -0.25) is 0 Å². The molecular weight excluding hydrogens is 281 g/mol. The van der Waals surface area contributed by atoms with Gasteiger partial charge in [0.2, 0.25) is 0 Å². The van der Waals surface area contributed by atoms with Gasteiger partial charge in [-0.05, 0) is 28.8 Å². The third kappa shape index (κ3) is 2.46. The van der Waals surface area contributed by atoms with Gasteiger partial charge in [-0.25, -0.2) is 0 Å². The van der Waals surface area contributed by atoms with E-state index in [1.54, 1.807) is 5.38 Å². The van der Waals surface area contributed by atoms with Gasteiger partial charge in [0.15, 0.2) is 0 Å². The lowest BCUT2D eigenvalue weighted by Crippen LogP contribution is -2.10. The van der Waals surface area contributed by atoms with Crippen molar-refractivity contribution in [2.24, 2.45) is 0 Å². The fourth-order valence-corrected chi connectivity index (χ4v) is 3.64. The molecule has 0 bridgehead atoms. The predicted octanol–water partition coefficient (Wildman–Crippen LogP) is 4.47. The van der Waals surface area contributed by atoms with Crippen LogP contribution in [0.15, 0.2) is 22.2 Å². The van der Waals surface area contributed by atoms with Crippen molar-refractivity contribution in [2.75, 3.05) is 0 Å². The highest BCUT2D eigenvalue weighted by molar-refractivity contribution is 7.10. The van der Waals surface area contributed by atoms with E-state index in [0.29, 0.717) is 11.3 Å². The third-order valence-electron chi connectivity index (χ3n) is 2.70. The van der Waals surface area contributed by atoms with Crippen molar-refractivity contribution in [3.63, 3.8) is 0 Å². The average Bonchev–Trinajstić information content (AvgIpc) is 2.95. The minimum Gasteiger partial charge on any atom is -0.383 e. The van der Waals surface area contributed by atoms with Crippen LogP contribution >= 0.6 is 22.7 Å². The highest BCUT2D eigenvalue weighted by Gasteiger charge is 2.36. The summed E-state index contributed by atoms with van der Waals surface area (Å²) in [5.41, 5.74) is 0.104. The van der Waals surface area contributed by atoms with Gasteiger partial charge in [-0.2, -0.15) is 24.5 Å². The summed E-state index contributed by atoms with van der Waals surface area (Å²) in [5, 5.41) is 14.3. The summed E-state index contributed by atoms with van der Waals surface area (Å²) in [7, 11) is 0. The molecule has 0 saturated heterocycles. The lowest BCUT2D eigenvalue weighted by molar-refractivity contribution is -0.138. The Morgan fingerprint density at radius 1 is 1.33 bits per heavy atom. The fraction of sp³-hybridized carbons (Fsp3) is 0.333. The van der Waals surface area contributed by atoms with E-state index < -0.39 is 17.8 Å². The van der Waals surface area contributed by atoms with Gasteiger partial charge in [0.25, 0.3) is 0 Å². The van der Waals surface area contributed by atoms with Crippen molar-refractivity contribution in [1.82, 2.24) is 0 Å². The summed E-state index contributed by atoms with van der Waals surface area (Å²) in [4.78, 5) is 0.599. The molecule has 2 rings (SSSR count). The number of halogens is 3. The maximum absolute atomic E-state index is 12.8. The van der Waals surface area contributed by atoms with Crippen molar-refractivity contribution < 1.29 is 18.3 Å². The first-order valence-corrected chi connectivity index (χ1v) is 7.15. The largest absolute Gasteiger partial charge is 0.417 e. The summed E-state index contributed by atoms with van der Waals surface area (Å²) in [6.45, 7) is 1.91. The van der Waals surface area contributed by atoms with Crippen molar-refractivity contribution in [2.45, 2.75) is 25.6 Å². The minimum absolute atomic E-state index is 0.0512. The number of hydrogen-bond donors (Lipinski definition) is 1. The number of aliphatic hydroxyl groups excluding tert-OH is 1. The number of aliphatic hydroxyl groups is 1. The molecule has 6 heteroatoms. The van der Waals surface area contributed by atoms with Crippen LogP contribution in [0.5, 0.6) is 0 Å². The van der Waals surface area contributed by atoms with E-state index in [1.807, 2.05) is 13.0 Å². The van der Waals surface area contributed by atoms with E-state index in [4.69, 9.17) is 0 Å². The summed E-state index contributed by atoms with van der Waals surface area (Å²) in [6, 6.07) is 1.84. The molecule has 0 fully saturated rings. The second-order valence-corrected chi connectivity index (χ2v) is 5.50. The van der Waals surface area contributed by atoms with Crippen molar-refractivity contribution in [1.29, 1.82) is 0 Å². The summed E-state index contributed by atoms with van der Waals surface area (Å²) in [5.74, 6) is 0. The van der Waals surface area contributed by atoms with Gasteiger partial charge in [-0.15, -0.1) is 11.3 Å². The molecule has 2 aromatic heterocycles. The van der Waals surface area contributed by atoms with Gasteiger partial charge in [0.05, 0.1) is 5.56 Å². The smallest absolute Gasteiger partial charge is 0.383 e. The first kappa shape index (κ1) is 13.6. The van der Waals surface area contributed by atoms with Crippen LogP contribution in [0.1, 0.15) is 34.6 Å². The molecule has 18 heavy (non-hydrogen) atoms. The van der Waals surface area contributed by atoms with Gasteiger partial charge < -0.3 is 5.11 Å². The van der Waals surface area contributed by atoms with Crippen LogP contribution in [0.4, 0.5) is 13.2 Å². The zero-order valence-corrected chi connectivity index (χ0v) is 11.1. The van der Waals surface area contributed by atoms with Crippen LogP contribution in [0.2, 0.25) is 0 Å². The van der Waals surface area contributed by atoms with Crippen LogP contribution in [-0.4, -0.2) is 5.11 Å². The van der Waals surface area contributed by atoms with Gasteiger partial charge in [0.1, 0.15) is 6.10 Å². The van der Waals surface area contributed by atoms with Crippen LogP contribution in [0.25, 0.3) is 0 Å². The number of rotatable bonds is 3. The lowest BCUT2D eigenvalue weighted by atomic mass is 10.0. The van der Waals surface area contributed by atoms with E-state index >= 15 is 0 Å². The molecule has 0 saturated carbocycles. The second kappa shape index (κ2) is 5.03. The normalized spacial score (nSPS) is 13.8. The quantitative estimate of drug-likeness (QED) is 0.884. The molecule has 0 aliphatic heterocycles. The van der Waals surface area contributed by atoms with Gasteiger partial charge in [0, 0.05) is 15.8 Å². The molecule has 2 heterocycles. The number of alkyl halides is 3. The number of aryl methyl sites for hydroxylation is 1. The average molecular weight is 292 g/mol. The Bertz CT molecular complexity index is 527. The molecule has 1 atom stereocenters. The van der Waals surface area contributed by atoms with Gasteiger partial charge >= 0.3 is 6.18 Å². The van der Waals surface area contributed by atoms with E-state index in [0.717, 1.165) is 22.3 Å². The monoisotopic (exact) mass is 292 g/mol. The Morgan fingerprint density at radius 3 is 2.67 bits per heavy atom. The molecule has 0 spiro atoms. The molecule has 0 amide bonds. The zero-order valence-electron chi connectivity index (χ0n) is 9.49. The van der Waals surface area contributed by atoms with Crippen LogP contribution in [0, 0.1) is 0 Å². The molecule has 0 aromatic carbocycles. The third-order valence-corrected chi connectivity index (χ3v) is 4.48. The van der Waals surface area contributed by atoms with E-state index in [9.17, 15) is 18.3 Å². The number of hydrogen-bond acceptors (Lipinski definition) is 3. The summed E-state index contributed by atoms with van der Waals surface area (Å²) < 4.78 is 38.3. The van der Waals surface area contributed by atoms with Gasteiger partial charge in [-0.1, -0.05) is 6.92 Å². The molecule has 1 unspecified atom stereocenters. The van der Waals surface area contributed by atoms with Crippen molar-refractivity contribution in [3.05, 3.63) is 43.8 Å². The Labute approximate surface area is 111 Å². The molecule has 98 valence electrons. The maximum Gasteiger partial charge on any atom is 0.417 e. The van der Waals surface area contributed by atoms with Crippen LogP contribution in [0.3, 0.4) is 0 Å². The first-order valence-electron chi connectivity index (χ1n) is 5.32. The summed E-state index contributed by atoms with van der Waals surface area (Å²) in [6.07, 6.45) is -4.91. The number of thiophene rings is 2. The topological polar surface area (TPSA) is 20.2 Å². The van der Waals surface area contributed by atoms with Crippen molar-refractivity contribution >= 4 is 22.7 Å². The summed E-state index contributed by atoms with van der Waals surface area (Å²) >= 11 is 2.24. The second-order valence-electron chi connectivity index (χ2n) is 3.80. The Kier molecular flexibility index (Phi) is 3.79. The lowest BCUT2D eigenvalue weighted by Gasteiger charge is -2.14. The minimum atomic E-state index is -4.42. The molecule has 0 radical (unpaired) electrons. The van der Waals surface area contributed by atoms with E-state index in [2.05, 4.69) is 0 Å². The molecule has 2 aromatic rings. The highest BCUT2D eigenvalue weighted by atomic mass is 32.1. The van der Waals surface area contributed by atoms with E-state index in [1.165, 1.54) is 16.7 Å². The molecule has 0 aliphatic carbocycles. The molecule has 1 N–H and O–H groups in total. The molecule has 1 nitrogen and oxygen atoms in total. The predicted molar refractivity (Wildman–Crippen MR) is 67.1 cm³/mol. The fourth-order valence-electron chi connectivity index (χ4n) is 1.77. The molecule has 0 aliphatic rings. The Hall–Kier alpha value is -0.850. The van der Waals surface area contributed by atoms with E-state index in [-0.39, 0.29) is 5.56 Å². The SMILES string of the molecule is CCc1ccsc1C(O)c1cscc1C(F)(F)F. The molecular formula is C12H11F3OS2. The first-order chi connectivity index (χ1) is 8.45. The van der Waals surface area contributed by atoms with Crippen LogP contribution < -0.4 is 0 Å². The highest BCUT2D eigenvalue weighted by Crippen LogP contribution is 2.40.